The van der Waals surface area contributed by atoms with Gasteiger partial charge in [0, 0.05) is 36.3 Å². The highest BCUT2D eigenvalue weighted by Crippen LogP contribution is 2.30. The maximum Gasteiger partial charge on any atom is 0.335 e. The second kappa shape index (κ2) is 11.5. The molecule has 0 saturated carbocycles. The number of carbonyl (C=O) groups is 1. The number of fused-ring (bicyclic) bond motifs is 1. The van der Waals surface area contributed by atoms with Crippen LogP contribution in [0.3, 0.4) is 0 Å². The molecule has 2 aromatic rings. The number of aromatic amines is 1. The number of hydrogen-bond acceptors (Lipinski definition) is 6. The van der Waals surface area contributed by atoms with Crippen LogP contribution in [0.4, 0.5) is 5.69 Å². The second-order valence-electron chi connectivity index (χ2n) is 5.81. The van der Waals surface area contributed by atoms with Crippen molar-refractivity contribution in [3.8, 4) is 0 Å². The smallest absolute Gasteiger partial charge is 0.335 e. The number of halogens is 1. The lowest BCUT2D eigenvalue weighted by molar-refractivity contribution is -0.113. The molecule has 0 spiro atoms. The number of nitrogens with zero attached hydrogens (tertiary/aromatic N) is 3. The quantitative estimate of drug-likeness (QED) is 0.521. The first-order valence-corrected chi connectivity index (χ1v) is 11.0. The van der Waals surface area contributed by atoms with Gasteiger partial charge in [-0.05, 0) is 44.3 Å². The van der Waals surface area contributed by atoms with Gasteiger partial charge >= 0.3 is 6.83 Å². The number of thioether (sulfide) groups is 1. The molecule has 0 atom stereocenters. The van der Waals surface area contributed by atoms with E-state index in [2.05, 4.69) is 32.3 Å². The Bertz CT molecular complexity index is 767. The summed E-state index contributed by atoms with van der Waals surface area (Å²) in [4.78, 5) is 23.3. The zero-order chi connectivity index (χ0) is 19.6. The number of thiol groups is 1. The molecule has 2 aromatic heterocycles. The number of H-pyrrole nitrogens is 1. The molecule has 1 radical (unpaired) electrons. The number of pyridine rings is 1. The van der Waals surface area contributed by atoms with Gasteiger partial charge in [-0.1, -0.05) is 0 Å². The molecule has 6 nitrogen and oxygen atoms in total. The minimum absolute atomic E-state index is 0.371. The van der Waals surface area contributed by atoms with Gasteiger partial charge < -0.3 is 20.4 Å². The molecule has 4 rings (SSSR count). The van der Waals surface area contributed by atoms with E-state index in [0.29, 0.717) is 4.91 Å². The van der Waals surface area contributed by atoms with Gasteiger partial charge in [0.05, 0.1) is 10.6 Å². The van der Waals surface area contributed by atoms with Crippen LogP contribution in [-0.2, 0) is 4.79 Å². The molecule has 2 aliphatic rings. The average molecular weight is 425 g/mol. The fraction of sp³-hybridized carbons (Fsp3) is 0.412. The first kappa shape index (κ1) is 22.0. The van der Waals surface area contributed by atoms with Crippen LogP contribution in [0.25, 0.3) is 11.0 Å². The van der Waals surface area contributed by atoms with Crippen molar-refractivity contribution in [3.63, 3.8) is 0 Å². The van der Waals surface area contributed by atoms with Crippen molar-refractivity contribution in [1.29, 1.82) is 0 Å². The van der Waals surface area contributed by atoms with Crippen molar-refractivity contribution in [2.45, 2.75) is 12.8 Å². The molecular formula is C17H24BClN5OS2. The van der Waals surface area contributed by atoms with Crippen LogP contribution < -0.4 is 10.6 Å². The molecule has 1 fully saturated rings. The van der Waals surface area contributed by atoms with Crippen molar-refractivity contribution in [2.75, 3.05) is 36.5 Å². The summed E-state index contributed by atoms with van der Waals surface area (Å²) in [5.41, 5.74) is 7.22. The Morgan fingerprint density at radius 1 is 1.33 bits per heavy atom. The Hall–Kier alpha value is -1.29. The molecule has 1 amide bonds. The fourth-order valence-electron chi connectivity index (χ4n) is 2.86. The minimum atomic E-state index is -0.371. The van der Waals surface area contributed by atoms with Gasteiger partial charge in [0.15, 0.2) is 0 Å². The number of anilines is 1. The predicted molar refractivity (Wildman–Crippen MR) is 120 cm³/mol. The normalized spacial score (nSPS) is 16.7. The number of amides is 1. The Kier molecular flexibility index (Phi) is 9.40. The number of nitrogens with one attached hydrogen (secondary N) is 1. The van der Waals surface area contributed by atoms with Gasteiger partial charge in [-0.25, -0.2) is 4.98 Å². The third-order valence-electron chi connectivity index (χ3n) is 4.13. The molecule has 4 heterocycles. The molecule has 0 bridgehead atoms. The van der Waals surface area contributed by atoms with Gasteiger partial charge in [-0.3, -0.25) is 4.79 Å². The first-order valence-electron chi connectivity index (χ1n) is 8.64. The Morgan fingerprint density at radius 2 is 2.07 bits per heavy atom. The van der Waals surface area contributed by atoms with Crippen molar-refractivity contribution >= 4 is 65.3 Å². The zero-order valence-corrected chi connectivity index (χ0v) is 17.7. The SMILES string of the molecule is CS.Cl[B]N1CCCC1.NC(=O)C1=CN(c2ccnc3[nH]ccc23)CCS1. The number of hydrogen-bond donors (Lipinski definition) is 3. The second-order valence-corrected chi connectivity index (χ2v) is 7.14. The molecule has 2 aliphatic heterocycles. The highest BCUT2D eigenvalue weighted by atomic mass is 35.5. The Balaban J connectivity index is 0.000000244. The summed E-state index contributed by atoms with van der Waals surface area (Å²) in [5, 5.41) is 1.05. The van der Waals surface area contributed by atoms with E-state index in [1.54, 1.807) is 19.3 Å². The number of nitrogens with two attached hydrogens (primary N) is 1. The fourth-order valence-corrected chi connectivity index (χ4v) is 3.91. The van der Waals surface area contributed by atoms with Crippen LogP contribution in [0.2, 0.25) is 0 Å². The summed E-state index contributed by atoms with van der Waals surface area (Å²) in [7, 11) is 0. The van der Waals surface area contributed by atoms with E-state index in [1.165, 1.54) is 24.6 Å². The number of aromatic nitrogens is 2. The van der Waals surface area contributed by atoms with Crippen molar-refractivity contribution < 1.29 is 4.79 Å². The van der Waals surface area contributed by atoms with E-state index in [0.717, 1.165) is 42.1 Å². The van der Waals surface area contributed by atoms with Crippen LogP contribution >= 0.6 is 35.9 Å². The summed E-state index contributed by atoms with van der Waals surface area (Å²) in [6.07, 6.45) is 9.75. The summed E-state index contributed by atoms with van der Waals surface area (Å²) < 4.78 is 0. The summed E-state index contributed by atoms with van der Waals surface area (Å²) in [6, 6.07) is 3.93. The predicted octanol–water partition coefficient (Wildman–Crippen LogP) is 2.84. The van der Waals surface area contributed by atoms with E-state index >= 15 is 0 Å². The first-order chi connectivity index (χ1) is 13.2. The van der Waals surface area contributed by atoms with Gasteiger partial charge in [0.2, 0.25) is 0 Å². The third kappa shape index (κ3) is 6.10. The van der Waals surface area contributed by atoms with E-state index < -0.39 is 0 Å². The lowest BCUT2D eigenvalue weighted by atomic mass is 10.2. The van der Waals surface area contributed by atoms with Crippen LogP contribution in [0.5, 0.6) is 0 Å². The monoisotopic (exact) mass is 424 g/mol. The molecule has 0 unspecified atom stereocenters. The largest absolute Gasteiger partial charge is 0.365 e. The van der Waals surface area contributed by atoms with Crippen LogP contribution in [0, 0.1) is 0 Å². The summed E-state index contributed by atoms with van der Waals surface area (Å²) >= 11 is 10.4. The molecule has 1 saturated heterocycles. The Morgan fingerprint density at radius 3 is 2.70 bits per heavy atom. The van der Waals surface area contributed by atoms with E-state index in [4.69, 9.17) is 17.2 Å². The van der Waals surface area contributed by atoms with Crippen molar-refractivity contribution in [1.82, 2.24) is 14.8 Å². The van der Waals surface area contributed by atoms with Crippen molar-refractivity contribution in [3.05, 3.63) is 35.6 Å². The lowest BCUT2D eigenvalue weighted by Gasteiger charge is -2.25. The van der Waals surface area contributed by atoms with E-state index in [1.807, 2.05) is 24.5 Å². The standard InChI is InChI=1S/C12H12N4OS.C4H8BClN.CH4S/c13-11(17)10-7-16(5-6-18-10)9-2-4-15-12-8(9)1-3-14-12;6-5-7-3-1-2-4-7;1-2/h1-4,7H,5-6H2,(H2,13,17)(H,14,15);1-4H2;2H,1H3. The third-order valence-corrected chi connectivity index (χ3v) is 5.41. The van der Waals surface area contributed by atoms with Gasteiger partial charge in [-0.15, -0.1) is 11.8 Å². The zero-order valence-electron chi connectivity index (χ0n) is 15.3. The van der Waals surface area contributed by atoms with E-state index in [-0.39, 0.29) is 5.91 Å². The highest BCUT2D eigenvalue weighted by molar-refractivity contribution is 8.04. The van der Waals surface area contributed by atoms with E-state index in [9.17, 15) is 4.79 Å². The summed E-state index contributed by atoms with van der Waals surface area (Å²) in [5.74, 6) is 0.479. The molecule has 0 aromatic carbocycles. The van der Waals surface area contributed by atoms with Gasteiger partial charge in [0.25, 0.3) is 5.91 Å². The van der Waals surface area contributed by atoms with Crippen LogP contribution in [-0.4, -0.2) is 59.2 Å². The molecule has 10 heteroatoms. The molecule has 3 N–H and O–H groups in total. The molecule has 27 heavy (non-hydrogen) atoms. The topological polar surface area (TPSA) is 78.2 Å². The maximum absolute atomic E-state index is 11.2. The highest BCUT2D eigenvalue weighted by Gasteiger charge is 2.17. The van der Waals surface area contributed by atoms with Crippen LogP contribution in [0.15, 0.2) is 35.6 Å². The Labute approximate surface area is 175 Å². The summed E-state index contributed by atoms with van der Waals surface area (Å²) in [6.45, 7) is 4.81. The number of rotatable bonds is 3. The molecule has 0 aliphatic carbocycles. The van der Waals surface area contributed by atoms with Crippen LogP contribution in [0.1, 0.15) is 12.8 Å². The molecular weight excluding hydrogens is 401 g/mol. The van der Waals surface area contributed by atoms with Crippen molar-refractivity contribution in [2.24, 2.45) is 5.73 Å². The minimum Gasteiger partial charge on any atom is -0.365 e. The lowest BCUT2D eigenvalue weighted by Crippen LogP contribution is -2.27. The number of primary amides is 1. The van der Waals surface area contributed by atoms with Gasteiger partial charge in [-0.2, -0.15) is 24.1 Å². The average Bonchev–Trinajstić information content (AvgIpc) is 3.41. The van der Waals surface area contributed by atoms with Gasteiger partial charge in [0.1, 0.15) is 5.65 Å². The maximum atomic E-state index is 11.2. The number of carbonyl (C=O) groups excluding carboxylic acids is 1. The molecule has 145 valence electrons.